The second kappa shape index (κ2) is 6.54. The number of fused-ring (bicyclic) bond motifs is 1. The monoisotopic (exact) mass is 459 g/mol. The van der Waals surface area contributed by atoms with Crippen LogP contribution in [0.5, 0.6) is 11.5 Å². The highest BCUT2D eigenvalue weighted by atomic mass is 127. The van der Waals surface area contributed by atoms with Gasteiger partial charge in [0.15, 0.2) is 11.5 Å². The van der Waals surface area contributed by atoms with Gasteiger partial charge in [0.2, 0.25) is 0 Å². The zero-order valence-corrected chi connectivity index (χ0v) is 15.1. The van der Waals surface area contributed by atoms with Gasteiger partial charge in [-0.15, -0.1) is 0 Å². The summed E-state index contributed by atoms with van der Waals surface area (Å²) >= 11 is 5.88. The Hall–Kier alpha value is -0.790. The number of hydrogen-bond acceptors (Lipinski definition) is 3. The molecule has 0 saturated heterocycles. The first-order valence-electron chi connectivity index (χ1n) is 6.75. The molecule has 0 saturated carbocycles. The minimum atomic E-state index is -0.200. The maximum atomic E-state index is 6.41. The fourth-order valence-corrected chi connectivity index (χ4v) is 3.22. The van der Waals surface area contributed by atoms with E-state index >= 15 is 0 Å². The summed E-state index contributed by atoms with van der Waals surface area (Å²) in [5.74, 6) is 1.55. The highest BCUT2D eigenvalue weighted by molar-refractivity contribution is 14.1. The first-order chi connectivity index (χ1) is 10.1. The van der Waals surface area contributed by atoms with Crippen molar-refractivity contribution >= 4 is 38.5 Å². The molecule has 0 aliphatic carbocycles. The second-order valence-electron chi connectivity index (χ2n) is 4.90. The predicted octanol–water partition coefficient (Wildman–Crippen LogP) is 4.26. The van der Waals surface area contributed by atoms with E-state index in [-0.39, 0.29) is 6.04 Å². The molecule has 3 rings (SSSR count). The molecule has 1 aliphatic rings. The predicted molar refractivity (Wildman–Crippen MR) is 94.9 cm³/mol. The number of nitrogens with two attached hydrogens (primary N) is 1. The number of hydrogen-bond donors (Lipinski definition) is 1. The summed E-state index contributed by atoms with van der Waals surface area (Å²) in [7, 11) is 0. The van der Waals surface area contributed by atoms with Crippen LogP contribution >= 0.6 is 38.5 Å². The molecule has 3 nitrogen and oxygen atoms in total. The lowest BCUT2D eigenvalue weighted by molar-refractivity contribution is 0.297. The van der Waals surface area contributed by atoms with Crippen molar-refractivity contribution in [1.82, 2.24) is 0 Å². The molecule has 0 bridgehead atoms. The van der Waals surface area contributed by atoms with Crippen LogP contribution in [0.25, 0.3) is 0 Å². The molecule has 110 valence electrons. The zero-order valence-electron chi connectivity index (χ0n) is 11.3. The largest absolute Gasteiger partial charge is 0.490 e. The van der Waals surface area contributed by atoms with Crippen molar-refractivity contribution in [2.24, 2.45) is 5.73 Å². The van der Waals surface area contributed by atoms with Crippen molar-refractivity contribution in [3.63, 3.8) is 0 Å². The van der Waals surface area contributed by atoms with Gasteiger partial charge in [0.25, 0.3) is 0 Å². The third-order valence-electron chi connectivity index (χ3n) is 3.43. The van der Waals surface area contributed by atoms with Gasteiger partial charge in [-0.25, -0.2) is 0 Å². The van der Waals surface area contributed by atoms with Gasteiger partial charge in [0, 0.05) is 14.5 Å². The fourth-order valence-electron chi connectivity index (χ4n) is 2.29. The summed E-state index contributed by atoms with van der Waals surface area (Å²) in [5, 5.41) is 0. The highest BCUT2D eigenvalue weighted by Gasteiger charge is 2.18. The molecular weight excluding hydrogens is 445 g/mol. The molecule has 0 spiro atoms. The van der Waals surface area contributed by atoms with Crippen molar-refractivity contribution in [2.45, 2.75) is 12.5 Å². The van der Waals surface area contributed by atoms with Crippen LogP contribution in [0.4, 0.5) is 0 Å². The Labute approximate surface area is 146 Å². The van der Waals surface area contributed by atoms with Gasteiger partial charge < -0.3 is 15.2 Å². The summed E-state index contributed by atoms with van der Waals surface area (Å²) in [4.78, 5) is 0. The van der Waals surface area contributed by atoms with E-state index < -0.39 is 0 Å². The van der Waals surface area contributed by atoms with E-state index in [0.29, 0.717) is 13.2 Å². The minimum absolute atomic E-state index is 0.200. The Morgan fingerprint density at radius 1 is 1.05 bits per heavy atom. The van der Waals surface area contributed by atoms with E-state index in [0.717, 1.165) is 33.5 Å². The normalized spacial score (nSPS) is 15.4. The molecule has 1 aliphatic heterocycles. The minimum Gasteiger partial charge on any atom is -0.490 e. The molecule has 1 heterocycles. The molecule has 2 aromatic carbocycles. The topological polar surface area (TPSA) is 44.5 Å². The summed E-state index contributed by atoms with van der Waals surface area (Å²) < 4.78 is 13.6. The van der Waals surface area contributed by atoms with E-state index in [4.69, 9.17) is 15.2 Å². The van der Waals surface area contributed by atoms with Crippen LogP contribution in [0.1, 0.15) is 23.6 Å². The molecule has 1 unspecified atom stereocenters. The Bertz CT molecular complexity index is 645. The lowest BCUT2D eigenvalue weighted by atomic mass is 9.99. The van der Waals surface area contributed by atoms with E-state index in [1.807, 2.05) is 12.1 Å². The van der Waals surface area contributed by atoms with Gasteiger partial charge in [-0.05, 0) is 58.0 Å². The van der Waals surface area contributed by atoms with Gasteiger partial charge >= 0.3 is 0 Å². The molecular formula is C16H15BrINO2. The Morgan fingerprint density at radius 2 is 1.67 bits per heavy atom. The van der Waals surface area contributed by atoms with Gasteiger partial charge in [-0.1, -0.05) is 28.1 Å². The quantitative estimate of drug-likeness (QED) is 0.682. The number of benzene rings is 2. The molecule has 0 fully saturated rings. The van der Waals surface area contributed by atoms with Crippen molar-refractivity contribution < 1.29 is 9.47 Å². The average Bonchev–Trinajstić information content (AvgIpc) is 2.71. The van der Waals surface area contributed by atoms with Crippen molar-refractivity contribution in [3.8, 4) is 11.5 Å². The lowest BCUT2D eigenvalue weighted by Crippen LogP contribution is -2.13. The molecule has 5 heteroatoms. The first kappa shape index (κ1) is 15.1. The maximum absolute atomic E-state index is 6.41. The first-order valence-corrected chi connectivity index (χ1v) is 8.62. The third-order valence-corrected chi connectivity index (χ3v) is 4.84. The number of rotatable bonds is 2. The van der Waals surface area contributed by atoms with Gasteiger partial charge in [0.05, 0.1) is 19.3 Å². The Kier molecular flexibility index (Phi) is 4.71. The van der Waals surface area contributed by atoms with E-state index in [9.17, 15) is 0 Å². The molecule has 1 atom stereocenters. The van der Waals surface area contributed by atoms with E-state index in [1.165, 1.54) is 3.57 Å². The molecule has 2 aromatic rings. The molecule has 0 amide bonds. The van der Waals surface area contributed by atoms with Crippen LogP contribution in [0.15, 0.2) is 40.9 Å². The molecule has 0 radical (unpaired) electrons. The van der Waals surface area contributed by atoms with Crippen molar-refractivity contribution in [3.05, 3.63) is 55.6 Å². The summed E-state index contributed by atoms with van der Waals surface area (Å²) in [6.07, 6.45) is 0.894. The van der Waals surface area contributed by atoms with Crippen LogP contribution in [-0.4, -0.2) is 13.2 Å². The van der Waals surface area contributed by atoms with Crippen molar-refractivity contribution in [1.29, 1.82) is 0 Å². The number of halogens is 2. The maximum Gasteiger partial charge on any atom is 0.162 e. The Balaban J connectivity index is 1.97. The van der Waals surface area contributed by atoms with E-state index in [2.05, 4.69) is 62.8 Å². The van der Waals surface area contributed by atoms with Crippen LogP contribution < -0.4 is 15.2 Å². The summed E-state index contributed by atoms with van der Waals surface area (Å²) in [6, 6.07) is 12.0. The fraction of sp³-hybridized carbons (Fsp3) is 0.250. The van der Waals surface area contributed by atoms with Crippen LogP contribution in [0, 0.1) is 3.57 Å². The smallest absolute Gasteiger partial charge is 0.162 e. The van der Waals surface area contributed by atoms with Crippen LogP contribution in [0.2, 0.25) is 0 Å². The number of ether oxygens (including phenoxy) is 2. The van der Waals surface area contributed by atoms with Gasteiger partial charge in [0.1, 0.15) is 0 Å². The SMILES string of the molecule is NC(c1ccc(I)cc1)c1cc2c(cc1Br)OCCCO2. The average molecular weight is 460 g/mol. The molecule has 21 heavy (non-hydrogen) atoms. The highest BCUT2D eigenvalue weighted by Crippen LogP contribution is 2.38. The molecule has 2 N–H and O–H groups in total. The molecule has 0 aromatic heterocycles. The van der Waals surface area contributed by atoms with Gasteiger partial charge in [-0.2, -0.15) is 0 Å². The Morgan fingerprint density at radius 3 is 2.33 bits per heavy atom. The van der Waals surface area contributed by atoms with E-state index in [1.54, 1.807) is 0 Å². The summed E-state index contributed by atoms with van der Waals surface area (Å²) in [6.45, 7) is 1.36. The van der Waals surface area contributed by atoms with Crippen LogP contribution in [-0.2, 0) is 0 Å². The summed E-state index contributed by atoms with van der Waals surface area (Å²) in [5.41, 5.74) is 8.49. The van der Waals surface area contributed by atoms with Crippen LogP contribution in [0.3, 0.4) is 0 Å². The zero-order chi connectivity index (χ0) is 14.8. The second-order valence-corrected chi connectivity index (χ2v) is 7.00. The standard InChI is InChI=1S/C16H15BrINO2/c17-13-9-15-14(20-6-1-7-21-15)8-12(13)16(19)10-2-4-11(18)5-3-10/h2-5,8-9,16H,1,6-7,19H2. The lowest BCUT2D eigenvalue weighted by Gasteiger charge is -2.17. The van der Waals surface area contributed by atoms with Crippen molar-refractivity contribution in [2.75, 3.05) is 13.2 Å². The third kappa shape index (κ3) is 3.35. The van der Waals surface area contributed by atoms with Gasteiger partial charge in [-0.3, -0.25) is 0 Å².